The first-order valence-electron chi connectivity index (χ1n) is 9.81. The minimum atomic E-state index is -0.711. The van der Waals surface area contributed by atoms with Crippen molar-refractivity contribution in [3.05, 3.63) is 72.4 Å². The highest BCUT2D eigenvalue weighted by atomic mass is 35.5. The predicted octanol–water partition coefficient (Wildman–Crippen LogP) is 4.19. The van der Waals surface area contributed by atoms with Gasteiger partial charge in [0.1, 0.15) is 0 Å². The van der Waals surface area contributed by atoms with Gasteiger partial charge >= 0.3 is 0 Å². The van der Waals surface area contributed by atoms with Crippen LogP contribution in [0, 0.1) is 0 Å². The lowest BCUT2D eigenvalue weighted by Gasteiger charge is -2.28. The zero-order valence-electron chi connectivity index (χ0n) is 16.6. The molecule has 1 amide bonds. The highest BCUT2D eigenvalue weighted by Gasteiger charge is 2.39. The van der Waals surface area contributed by atoms with E-state index >= 15 is 0 Å². The summed E-state index contributed by atoms with van der Waals surface area (Å²) in [5.74, 6) is 0.0245. The molecule has 0 saturated heterocycles. The molecule has 0 bridgehead atoms. The minimum absolute atomic E-state index is 0. The van der Waals surface area contributed by atoms with Gasteiger partial charge in [-0.25, -0.2) is 4.68 Å². The van der Waals surface area contributed by atoms with Crippen molar-refractivity contribution in [2.24, 2.45) is 5.73 Å². The van der Waals surface area contributed by atoms with Crippen molar-refractivity contribution in [1.82, 2.24) is 14.7 Å². The van der Waals surface area contributed by atoms with Crippen molar-refractivity contribution >= 4 is 18.3 Å². The van der Waals surface area contributed by atoms with E-state index in [0.717, 1.165) is 48.2 Å². The van der Waals surface area contributed by atoms with Gasteiger partial charge < -0.3 is 10.6 Å². The second-order valence-corrected chi connectivity index (χ2v) is 7.67. The summed E-state index contributed by atoms with van der Waals surface area (Å²) in [6, 6.07) is 20.1. The average molecular weight is 411 g/mol. The lowest BCUT2D eigenvalue weighted by molar-refractivity contribution is -0.136. The predicted molar refractivity (Wildman–Crippen MR) is 118 cm³/mol. The second kappa shape index (κ2) is 8.80. The Hall–Kier alpha value is -2.63. The van der Waals surface area contributed by atoms with Crippen LogP contribution in [0.2, 0.25) is 0 Å². The normalized spacial score (nSPS) is 15.0. The molecule has 152 valence electrons. The fourth-order valence-electron chi connectivity index (χ4n) is 4.00. The molecule has 1 aliphatic rings. The van der Waals surface area contributed by atoms with Crippen LogP contribution in [0.1, 0.15) is 31.2 Å². The Labute approximate surface area is 177 Å². The molecule has 0 spiro atoms. The highest BCUT2D eigenvalue weighted by Crippen LogP contribution is 2.30. The summed E-state index contributed by atoms with van der Waals surface area (Å²) in [6.07, 6.45) is 5.60. The molecule has 0 atom stereocenters. The molecule has 1 aliphatic carbocycles. The van der Waals surface area contributed by atoms with Gasteiger partial charge in [-0.1, -0.05) is 61.4 Å². The summed E-state index contributed by atoms with van der Waals surface area (Å²) in [5, 5.41) is 4.83. The van der Waals surface area contributed by atoms with Crippen LogP contribution in [0.4, 0.5) is 0 Å². The first-order chi connectivity index (χ1) is 13.6. The summed E-state index contributed by atoms with van der Waals surface area (Å²) in [5.41, 5.74) is 9.61. The molecule has 0 aliphatic heterocycles. The van der Waals surface area contributed by atoms with Crippen molar-refractivity contribution in [3.8, 4) is 16.9 Å². The second-order valence-electron chi connectivity index (χ2n) is 7.67. The molecule has 0 unspecified atom stereocenters. The number of nitrogens with zero attached hydrogens (tertiary/aromatic N) is 3. The SMILES string of the molecule is CN(Cc1cn(-c2ccccc2)nc1-c1ccccc1)C(=O)C1(N)CCCC1.Cl. The molecule has 29 heavy (non-hydrogen) atoms. The van der Waals surface area contributed by atoms with Crippen LogP contribution < -0.4 is 5.73 Å². The highest BCUT2D eigenvalue weighted by molar-refractivity contribution is 5.86. The third-order valence-electron chi connectivity index (χ3n) is 5.53. The Morgan fingerprint density at radius 2 is 1.66 bits per heavy atom. The van der Waals surface area contributed by atoms with E-state index in [1.807, 2.05) is 78.6 Å². The average Bonchev–Trinajstić information content (AvgIpc) is 3.36. The van der Waals surface area contributed by atoms with E-state index in [9.17, 15) is 4.79 Å². The first-order valence-corrected chi connectivity index (χ1v) is 9.81. The molecule has 1 saturated carbocycles. The van der Waals surface area contributed by atoms with Crippen LogP contribution >= 0.6 is 12.4 Å². The van der Waals surface area contributed by atoms with Gasteiger partial charge in [0.05, 0.1) is 16.9 Å². The number of carbonyl (C=O) groups is 1. The molecule has 1 heterocycles. The van der Waals surface area contributed by atoms with E-state index < -0.39 is 5.54 Å². The van der Waals surface area contributed by atoms with Crippen molar-refractivity contribution in [3.63, 3.8) is 0 Å². The quantitative estimate of drug-likeness (QED) is 0.685. The Morgan fingerprint density at radius 1 is 1.07 bits per heavy atom. The van der Waals surface area contributed by atoms with Crippen LogP contribution in [0.3, 0.4) is 0 Å². The summed E-state index contributed by atoms with van der Waals surface area (Å²) in [4.78, 5) is 14.7. The number of halogens is 1. The number of rotatable bonds is 5. The van der Waals surface area contributed by atoms with Crippen molar-refractivity contribution in [1.29, 1.82) is 0 Å². The van der Waals surface area contributed by atoms with Gasteiger partial charge in [-0.2, -0.15) is 5.10 Å². The van der Waals surface area contributed by atoms with E-state index in [0.29, 0.717) is 6.54 Å². The lowest BCUT2D eigenvalue weighted by atomic mass is 9.97. The third kappa shape index (κ3) is 4.36. The van der Waals surface area contributed by atoms with Crippen molar-refractivity contribution < 1.29 is 4.79 Å². The van der Waals surface area contributed by atoms with Gasteiger partial charge in [0, 0.05) is 30.9 Å². The summed E-state index contributed by atoms with van der Waals surface area (Å²) >= 11 is 0. The Morgan fingerprint density at radius 3 is 2.28 bits per heavy atom. The van der Waals surface area contributed by atoms with Crippen LogP contribution in [0.25, 0.3) is 16.9 Å². The fourth-order valence-corrected chi connectivity index (χ4v) is 4.00. The molecule has 0 radical (unpaired) electrons. The van der Waals surface area contributed by atoms with Crippen LogP contribution in [-0.2, 0) is 11.3 Å². The maximum atomic E-state index is 13.0. The molecule has 2 N–H and O–H groups in total. The number of aromatic nitrogens is 2. The topological polar surface area (TPSA) is 64.2 Å². The van der Waals surface area contributed by atoms with Gasteiger partial charge in [-0.05, 0) is 25.0 Å². The number of amides is 1. The van der Waals surface area contributed by atoms with Gasteiger partial charge in [0.2, 0.25) is 5.91 Å². The third-order valence-corrected chi connectivity index (χ3v) is 5.53. The maximum Gasteiger partial charge on any atom is 0.242 e. The molecule has 4 rings (SSSR count). The van der Waals surface area contributed by atoms with Gasteiger partial charge in [-0.3, -0.25) is 4.79 Å². The monoisotopic (exact) mass is 410 g/mol. The first kappa shape index (κ1) is 21.1. The van der Waals surface area contributed by atoms with E-state index in [2.05, 4.69) is 0 Å². The van der Waals surface area contributed by atoms with E-state index in [1.165, 1.54) is 0 Å². The number of hydrogen-bond donors (Lipinski definition) is 1. The van der Waals surface area contributed by atoms with E-state index in [-0.39, 0.29) is 18.3 Å². The van der Waals surface area contributed by atoms with Gasteiger partial charge in [0.25, 0.3) is 0 Å². The van der Waals surface area contributed by atoms with E-state index in [4.69, 9.17) is 10.8 Å². The Bertz CT molecular complexity index is 950. The molecule has 1 fully saturated rings. The molecule has 6 heteroatoms. The molecular weight excluding hydrogens is 384 g/mol. The zero-order chi connectivity index (χ0) is 19.6. The standard InChI is InChI=1S/C23H26N4O.ClH/c1-26(22(28)23(24)14-8-9-15-23)16-19-17-27(20-12-6-3-7-13-20)25-21(19)18-10-4-2-5-11-18;/h2-7,10-13,17H,8-9,14-16,24H2,1H3;1H. The number of hydrogen-bond acceptors (Lipinski definition) is 3. The Balaban J connectivity index is 0.00000240. The minimum Gasteiger partial charge on any atom is -0.340 e. The number of nitrogens with two attached hydrogens (primary N) is 1. The number of para-hydroxylation sites is 1. The van der Waals surface area contributed by atoms with Crippen LogP contribution in [0.5, 0.6) is 0 Å². The van der Waals surface area contributed by atoms with Crippen LogP contribution in [-0.4, -0.2) is 33.2 Å². The summed E-state index contributed by atoms with van der Waals surface area (Å²) in [7, 11) is 1.84. The summed E-state index contributed by atoms with van der Waals surface area (Å²) < 4.78 is 1.88. The molecule has 1 aromatic heterocycles. The van der Waals surface area contributed by atoms with Crippen molar-refractivity contribution in [2.45, 2.75) is 37.8 Å². The largest absolute Gasteiger partial charge is 0.340 e. The molecule has 5 nitrogen and oxygen atoms in total. The zero-order valence-corrected chi connectivity index (χ0v) is 17.4. The Kier molecular flexibility index (Phi) is 6.40. The number of benzene rings is 2. The fraction of sp³-hybridized carbons (Fsp3) is 0.304. The van der Waals surface area contributed by atoms with Crippen molar-refractivity contribution in [2.75, 3.05) is 7.05 Å². The van der Waals surface area contributed by atoms with E-state index in [1.54, 1.807) is 4.90 Å². The van der Waals surface area contributed by atoms with Gasteiger partial charge in [-0.15, -0.1) is 12.4 Å². The number of carbonyl (C=O) groups excluding carboxylic acids is 1. The number of likely N-dealkylation sites (N-methyl/N-ethyl adjacent to an activating group) is 1. The molecular formula is C23H27ClN4O. The smallest absolute Gasteiger partial charge is 0.242 e. The summed E-state index contributed by atoms with van der Waals surface area (Å²) in [6.45, 7) is 0.481. The van der Waals surface area contributed by atoms with Gasteiger partial charge in [0.15, 0.2) is 0 Å². The van der Waals surface area contributed by atoms with Crippen LogP contribution in [0.15, 0.2) is 66.9 Å². The molecule has 2 aromatic carbocycles. The molecule has 3 aromatic rings. The lowest BCUT2D eigenvalue weighted by Crippen LogP contribution is -2.52. The maximum absolute atomic E-state index is 13.0.